The zero-order chi connectivity index (χ0) is 15.4. The number of hydrogen-bond donors (Lipinski definition) is 1. The van der Waals surface area contributed by atoms with Gasteiger partial charge in [0, 0.05) is 37.6 Å². The van der Waals surface area contributed by atoms with Crippen LogP contribution < -0.4 is 5.73 Å². The van der Waals surface area contributed by atoms with Gasteiger partial charge in [0.15, 0.2) is 0 Å². The molecule has 0 radical (unpaired) electrons. The van der Waals surface area contributed by atoms with Crippen LogP contribution in [0.3, 0.4) is 0 Å². The molecule has 3 atom stereocenters. The van der Waals surface area contributed by atoms with Gasteiger partial charge in [0.25, 0.3) is 0 Å². The molecular formula is C17H27N3O. The molecule has 0 aromatic heterocycles. The van der Waals surface area contributed by atoms with E-state index in [1.165, 1.54) is 0 Å². The molecule has 1 heterocycles. The lowest BCUT2D eigenvalue weighted by Crippen LogP contribution is -2.56. The van der Waals surface area contributed by atoms with Gasteiger partial charge in [-0.05, 0) is 32.9 Å². The van der Waals surface area contributed by atoms with Crippen LogP contribution in [0.5, 0.6) is 0 Å². The SMILES string of the molecule is CC1CN(C(=O)CCC(N)c2ccccc2)CC(C)N1C. The molecule has 1 amide bonds. The van der Waals surface area contributed by atoms with Crippen molar-refractivity contribution in [1.29, 1.82) is 0 Å². The van der Waals surface area contributed by atoms with Crippen molar-refractivity contribution < 1.29 is 4.79 Å². The van der Waals surface area contributed by atoms with E-state index in [1.54, 1.807) is 0 Å². The van der Waals surface area contributed by atoms with Gasteiger partial charge in [-0.3, -0.25) is 9.69 Å². The highest BCUT2D eigenvalue weighted by Gasteiger charge is 2.29. The van der Waals surface area contributed by atoms with Crippen LogP contribution in [0, 0.1) is 0 Å². The molecule has 1 fully saturated rings. The molecule has 2 rings (SSSR count). The number of nitrogens with two attached hydrogens (primary N) is 1. The lowest BCUT2D eigenvalue weighted by molar-refractivity contribution is -0.135. The highest BCUT2D eigenvalue weighted by molar-refractivity contribution is 5.76. The highest BCUT2D eigenvalue weighted by Crippen LogP contribution is 2.18. The maximum absolute atomic E-state index is 12.4. The van der Waals surface area contributed by atoms with E-state index >= 15 is 0 Å². The summed E-state index contributed by atoms with van der Waals surface area (Å²) in [4.78, 5) is 16.7. The molecule has 0 saturated carbocycles. The summed E-state index contributed by atoms with van der Waals surface area (Å²) >= 11 is 0. The largest absolute Gasteiger partial charge is 0.340 e. The Hall–Kier alpha value is -1.39. The van der Waals surface area contributed by atoms with Crippen molar-refractivity contribution in [1.82, 2.24) is 9.80 Å². The number of benzene rings is 1. The number of likely N-dealkylation sites (N-methyl/N-ethyl adjacent to an activating group) is 1. The van der Waals surface area contributed by atoms with Crippen LogP contribution in [0.1, 0.15) is 38.3 Å². The first kappa shape index (κ1) is 16.0. The minimum absolute atomic E-state index is 0.0579. The summed E-state index contributed by atoms with van der Waals surface area (Å²) in [5, 5.41) is 0. The van der Waals surface area contributed by atoms with Crippen molar-refractivity contribution in [2.24, 2.45) is 5.73 Å². The summed E-state index contributed by atoms with van der Waals surface area (Å²) in [6, 6.07) is 10.8. The Bertz CT molecular complexity index is 450. The Labute approximate surface area is 127 Å². The molecule has 0 spiro atoms. The van der Waals surface area contributed by atoms with Crippen LogP contribution >= 0.6 is 0 Å². The van der Waals surface area contributed by atoms with Crippen LogP contribution in [0.2, 0.25) is 0 Å². The first-order valence-corrected chi connectivity index (χ1v) is 7.79. The summed E-state index contributed by atoms with van der Waals surface area (Å²) in [6.45, 7) is 5.98. The van der Waals surface area contributed by atoms with Crippen molar-refractivity contribution in [2.45, 2.75) is 44.8 Å². The maximum atomic E-state index is 12.4. The standard InChI is InChI=1S/C17H27N3O/c1-13-11-20(12-14(2)19(13)3)17(21)10-9-16(18)15-7-5-4-6-8-15/h4-8,13-14,16H,9-12,18H2,1-3H3. The Morgan fingerprint density at radius 1 is 1.24 bits per heavy atom. The fourth-order valence-corrected chi connectivity index (χ4v) is 2.91. The Morgan fingerprint density at radius 2 is 1.81 bits per heavy atom. The van der Waals surface area contributed by atoms with Crippen LogP contribution in [0.25, 0.3) is 0 Å². The van der Waals surface area contributed by atoms with Gasteiger partial charge in [-0.1, -0.05) is 30.3 Å². The third-order valence-electron chi connectivity index (χ3n) is 4.61. The monoisotopic (exact) mass is 289 g/mol. The fourth-order valence-electron chi connectivity index (χ4n) is 2.91. The van der Waals surface area contributed by atoms with Gasteiger partial charge in [0.2, 0.25) is 5.91 Å². The second kappa shape index (κ2) is 7.05. The Balaban J connectivity index is 1.85. The van der Waals surface area contributed by atoms with Crippen molar-refractivity contribution in [3.63, 3.8) is 0 Å². The fraction of sp³-hybridized carbons (Fsp3) is 0.588. The van der Waals surface area contributed by atoms with Crippen molar-refractivity contribution in [3.05, 3.63) is 35.9 Å². The number of hydrogen-bond acceptors (Lipinski definition) is 3. The highest BCUT2D eigenvalue weighted by atomic mass is 16.2. The van der Waals surface area contributed by atoms with E-state index in [2.05, 4.69) is 25.8 Å². The van der Waals surface area contributed by atoms with E-state index < -0.39 is 0 Å². The summed E-state index contributed by atoms with van der Waals surface area (Å²) in [5.41, 5.74) is 7.27. The molecule has 1 aromatic rings. The average molecular weight is 289 g/mol. The number of nitrogens with zero attached hydrogens (tertiary/aromatic N) is 2. The predicted octanol–water partition coefficient (Wildman–Crippen LogP) is 2.02. The quantitative estimate of drug-likeness (QED) is 0.922. The Kier molecular flexibility index (Phi) is 5.37. The summed E-state index contributed by atoms with van der Waals surface area (Å²) in [5.74, 6) is 0.230. The average Bonchev–Trinajstić information content (AvgIpc) is 2.50. The zero-order valence-corrected chi connectivity index (χ0v) is 13.3. The topological polar surface area (TPSA) is 49.6 Å². The predicted molar refractivity (Wildman–Crippen MR) is 85.9 cm³/mol. The van der Waals surface area contributed by atoms with E-state index in [4.69, 9.17) is 5.73 Å². The van der Waals surface area contributed by atoms with E-state index in [-0.39, 0.29) is 11.9 Å². The molecule has 0 bridgehead atoms. The number of carbonyl (C=O) groups excluding carboxylic acids is 1. The van der Waals surface area contributed by atoms with Gasteiger partial charge in [-0.25, -0.2) is 0 Å². The molecule has 1 saturated heterocycles. The first-order chi connectivity index (χ1) is 9.99. The van der Waals surface area contributed by atoms with Crippen molar-refractivity contribution in [2.75, 3.05) is 20.1 Å². The lowest BCUT2D eigenvalue weighted by atomic mass is 10.0. The second-order valence-corrected chi connectivity index (χ2v) is 6.22. The molecule has 4 nitrogen and oxygen atoms in total. The third kappa shape index (κ3) is 4.05. The molecule has 1 aliphatic rings. The molecular weight excluding hydrogens is 262 g/mol. The zero-order valence-electron chi connectivity index (χ0n) is 13.3. The summed E-state index contributed by atoms with van der Waals surface area (Å²) in [7, 11) is 2.13. The smallest absolute Gasteiger partial charge is 0.222 e. The molecule has 1 aromatic carbocycles. The molecule has 3 unspecified atom stereocenters. The van der Waals surface area contributed by atoms with Gasteiger partial charge < -0.3 is 10.6 Å². The molecule has 1 aliphatic heterocycles. The van der Waals surface area contributed by atoms with Gasteiger partial charge >= 0.3 is 0 Å². The first-order valence-electron chi connectivity index (χ1n) is 7.79. The van der Waals surface area contributed by atoms with Crippen LogP contribution in [0.4, 0.5) is 0 Å². The third-order valence-corrected chi connectivity index (χ3v) is 4.61. The second-order valence-electron chi connectivity index (χ2n) is 6.22. The molecule has 0 aliphatic carbocycles. The maximum Gasteiger partial charge on any atom is 0.222 e. The molecule has 2 N–H and O–H groups in total. The van der Waals surface area contributed by atoms with E-state index in [1.807, 2.05) is 35.2 Å². The Morgan fingerprint density at radius 3 is 2.38 bits per heavy atom. The summed E-state index contributed by atoms with van der Waals surface area (Å²) < 4.78 is 0. The van der Waals surface area contributed by atoms with Gasteiger partial charge in [0.1, 0.15) is 0 Å². The number of piperazine rings is 1. The number of carbonyl (C=O) groups is 1. The number of amides is 1. The van der Waals surface area contributed by atoms with Crippen LogP contribution in [-0.2, 0) is 4.79 Å². The molecule has 4 heteroatoms. The lowest BCUT2D eigenvalue weighted by Gasteiger charge is -2.42. The van der Waals surface area contributed by atoms with E-state index in [9.17, 15) is 4.79 Å². The van der Waals surface area contributed by atoms with Crippen LogP contribution in [-0.4, -0.2) is 47.9 Å². The minimum Gasteiger partial charge on any atom is -0.340 e. The van der Waals surface area contributed by atoms with Crippen molar-refractivity contribution >= 4 is 5.91 Å². The van der Waals surface area contributed by atoms with Gasteiger partial charge in [0.05, 0.1) is 0 Å². The minimum atomic E-state index is -0.0579. The normalized spacial score (nSPS) is 24.9. The number of rotatable bonds is 4. The van der Waals surface area contributed by atoms with Crippen LogP contribution in [0.15, 0.2) is 30.3 Å². The van der Waals surface area contributed by atoms with Crippen molar-refractivity contribution in [3.8, 4) is 0 Å². The van der Waals surface area contributed by atoms with E-state index in [0.29, 0.717) is 24.9 Å². The van der Waals surface area contributed by atoms with Gasteiger partial charge in [-0.15, -0.1) is 0 Å². The summed E-state index contributed by atoms with van der Waals surface area (Å²) in [6.07, 6.45) is 1.23. The van der Waals surface area contributed by atoms with Gasteiger partial charge in [-0.2, -0.15) is 0 Å². The van der Waals surface area contributed by atoms with E-state index in [0.717, 1.165) is 18.7 Å². The molecule has 21 heavy (non-hydrogen) atoms. The molecule has 116 valence electrons.